The molecule has 3 rings (SSSR count). The second-order valence-electron chi connectivity index (χ2n) is 4.36. The van der Waals surface area contributed by atoms with Crippen molar-refractivity contribution in [2.45, 2.75) is 19.8 Å². The first-order chi connectivity index (χ1) is 8.86. The molecule has 0 saturated heterocycles. The monoisotopic (exact) mass is 237 g/mol. The number of aromatic nitrogens is 1. The molecule has 1 aromatic carbocycles. The lowest BCUT2D eigenvalue weighted by molar-refractivity contribution is 0.585. The number of hydrogen-bond acceptors (Lipinski definition) is 2. The molecule has 0 aliphatic heterocycles. The molecule has 1 heterocycles. The van der Waals surface area contributed by atoms with Crippen molar-refractivity contribution in [1.82, 2.24) is 4.98 Å². The van der Waals surface area contributed by atoms with Gasteiger partial charge in [0.05, 0.1) is 0 Å². The van der Waals surface area contributed by atoms with E-state index in [0.717, 1.165) is 29.5 Å². The number of fused-ring (bicyclic) bond motifs is 1. The Labute approximate surface area is 106 Å². The first-order valence-electron chi connectivity index (χ1n) is 6.30. The predicted octanol–water partition coefficient (Wildman–Crippen LogP) is 4.29. The van der Waals surface area contributed by atoms with E-state index >= 15 is 0 Å². The summed E-state index contributed by atoms with van der Waals surface area (Å²) in [6, 6.07) is 6.21. The van der Waals surface area contributed by atoms with Crippen LogP contribution >= 0.6 is 0 Å². The van der Waals surface area contributed by atoms with Gasteiger partial charge in [-0.25, -0.2) is 4.98 Å². The Morgan fingerprint density at radius 2 is 2.22 bits per heavy atom. The molecule has 2 aromatic rings. The molecule has 1 aliphatic carbocycles. The van der Waals surface area contributed by atoms with Crippen molar-refractivity contribution in [2.75, 3.05) is 0 Å². The Morgan fingerprint density at radius 1 is 1.28 bits per heavy atom. The summed E-state index contributed by atoms with van der Waals surface area (Å²) in [5, 5.41) is 0. The SMILES string of the molecule is CCc1ccc2nc(C3=CCC=CC=C3)oc2c1. The third-order valence-corrected chi connectivity index (χ3v) is 3.10. The minimum Gasteiger partial charge on any atom is -0.436 e. The highest BCUT2D eigenvalue weighted by atomic mass is 16.3. The predicted molar refractivity (Wildman–Crippen MR) is 74.3 cm³/mol. The van der Waals surface area contributed by atoms with Gasteiger partial charge in [0.2, 0.25) is 5.89 Å². The molecule has 2 heteroatoms. The molecule has 0 radical (unpaired) electrons. The van der Waals surface area contributed by atoms with Gasteiger partial charge in [0, 0.05) is 5.57 Å². The van der Waals surface area contributed by atoms with E-state index in [2.05, 4.69) is 36.2 Å². The van der Waals surface area contributed by atoms with Gasteiger partial charge in [-0.2, -0.15) is 0 Å². The van der Waals surface area contributed by atoms with Crippen molar-refractivity contribution in [3.63, 3.8) is 0 Å². The summed E-state index contributed by atoms with van der Waals surface area (Å²) in [5.41, 5.74) is 4.12. The number of allylic oxidation sites excluding steroid dienone is 6. The molecular weight excluding hydrogens is 222 g/mol. The summed E-state index contributed by atoms with van der Waals surface area (Å²) >= 11 is 0. The van der Waals surface area contributed by atoms with Crippen LogP contribution in [0, 0.1) is 0 Å². The fraction of sp³-hybridized carbons (Fsp3) is 0.188. The van der Waals surface area contributed by atoms with Gasteiger partial charge in [-0.1, -0.05) is 37.3 Å². The molecule has 2 nitrogen and oxygen atoms in total. The summed E-state index contributed by atoms with van der Waals surface area (Å²) in [6.45, 7) is 2.14. The van der Waals surface area contributed by atoms with Crippen molar-refractivity contribution in [2.24, 2.45) is 0 Å². The summed E-state index contributed by atoms with van der Waals surface area (Å²) in [7, 11) is 0. The van der Waals surface area contributed by atoms with Crippen molar-refractivity contribution in [1.29, 1.82) is 0 Å². The third kappa shape index (κ3) is 2.02. The van der Waals surface area contributed by atoms with E-state index in [1.54, 1.807) is 0 Å². The van der Waals surface area contributed by atoms with Crippen LogP contribution in [0.2, 0.25) is 0 Å². The van der Waals surface area contributed by atoms with E-state index in [-0.39, 0.29) is 0 Å². The number of rotatable bonds is 2. The lowest BCUT2D eigenvalue weighted by Gasteiger charge is -1.93. The summed E-state index contributed by atoms with van der Waals surface area (Å²) in [4.78, 5) is 4.54. The third-order valence-electron chi connectivity index (χ3n) is 3.10. The molecule has 0 fully saturated rings. The maximum Gasteiger partial charge on any atom is 0.226 e. The Hall–Kier alpha value is -2.09. The molecule has 0 atom stereocenters. The summed E-state index contributed by atoms with van der Waals surface area (Å²) < 4.78 is 5.85. The topological polar surface area (TPSA) is 26.0 Å². The Morgan fingerprint density at radius 3 is 3.11 bits per heavy atom. The van der Waals surface area contributed by atoms with E-state index in [4.69, 9.17) is 4.42 Å². The maximum atomic E-state index is 5.85. The minimum absolute atomic E-state index is 0.707. The van der Waals surface area contributed by atoms with Gasteiger partial charge in [-0.15, -0.1) is 0 Å². The van der Waals surface area contributed by atoms with Crippen LogP contribution in [0.5, 0.6) is 0 Å². The number of aryl methyl sites for hydroxylation is 1. The van der Waals surface area contributed by atoms with Gasteiger partial charge >= 0.3 is 0 Å². The van der Waals surface area contributed by atoms with Gasteiger partial charge in [0.15, 0.2) is 5.58 Å². The average Bonchev–Trinajstić information content (AvgIpc) is 2.63. The number of nitrogens with zero attached hydrogens (tertiary/aromatic N) is 1. The minimum atomic E-state index is 0.707. The Bertz CT molecular complexity index is 659. The molecule has 0 N–H and O–H groups in total. The van der Waals surface area contributed by atoms with Crippen molar-refractivity contribution < 1.29 is 4.42 Å². The van der Waals surface area contributed by atoms with Crippen molar-refractivity contribution in [3.05, 3.63) is 60.0 Å². The largest absolute Gasteiger partial charge is 0.436 e. The van der Waals surface area contributed by atoms with E-state index < -0.39 is 0 Å². The van der Waals surface area contributed by atoms with Gasteiger partial charge in [0.25, 0.3) is 0 Å². The molecule has 1 aromatic heterocycles. The fourth-order valence-corrected chi connectivity index (χ4v) is 2.05. The second-order valence-corrected chi connectivity index (χ2v) is 4.36. The van der Waals surface area contributed by atoms with Gasteiger partial charge in [-0.3, -0.25) is 0 Å². The van der Waals surface area contributed by atoms with Crippen LogP contribution in [0.4, 0.5) is 0 Å². The number of oxazole rings is 1. The lowest BCUT2D eigenvalue weighted by Crippen LogP contribution is -1.79. The Kier molecular flexibility index (Phi) is 2.85. The standard InChI is InChI=1S/C16H15NO/c1-2-12-9-10-14-15(11-12)18-16(17-14)13-7-5-3-4-6-8-13/h3-5,7-11H,2,6H2,1H3. The van der Waals surface area contributed by atoms with E-state index in [0.29, 0.717) is 5.89 Å². The van der Waals surface area contributed by atoms with E-state index in [1.165, 1.54) is 5.56 Å². The van der Waals surface area contributed by atoms with Crippen molar-refractivity contribution in [3.8, 4) is 0 Å². The highest BCUT2D eigenvalue weighted by molar-refractivity contribution is 5.79. The van der Waals surface area contributed by atoms with Gasteiger partial charge < -0.3 is 4.42 Å². The normalized spacial score (nSPS) is 14.8. The van der Waals surface area contributed by atoms with Gasteiger partial charge in [-0.05, 0) is 36.6 Å². The maximum absolute atomic E-state index is 5.85. The van der Waals surface area contributed by atoms with Crippen LogP contribution in [0.3, 0.4) is 0 Å². The van der Waals surface area contributed by atoms with Crippen LogP contribution in [0.25, 0.3) is 16.7 Å². The molecule has 18 heavy (non-hydrogen) atoms. The molecule has 0 amide bonds. The second kappa shape index (κ2) is 4.65. The first-order valence-corrected chi connectivity index (χ1v) is 6.30. The Balaban J connectivity index is 2.05. The van der Waals surface area contributed by atoms with Crippen LogP contribution in [-0.4, -0.2) is 4.98 Å². The fourth-order valence-electron chi connectivity index (χ4n) is 2.05. The highest BCUT2D eigenvalue weighted by Crippen LogP contribution is 2.24. The molecule has 1 aliphatic rings. The van der Waals surface area contributed by atoms with Gasteiger partial charge in [0.1, 0.15) is 5.52 Å². The summed E-state index contributed by atoms with van der Waals surface area (Å²) in [6.07, 6.45) is 12.3. The first kappa shape index (κ1) is 11.0. The van der Waals surface area contributed by atoms with E-state index in [9.17, 15) is 0 Å². The molecule has 90 valence electrons. The average molecular weight is 237 g/mol. The lowest BCUT2D eigenvalue weighted by atomic mass is 10.1. The van der Waals surface area contributed by atoms with Crippen LogP contribution in [0.15, 0.2) is 53.0 Å². The van der Waals surface area contributed by atoms with Crippen molar-refractivity contribution >= 4 is 16.7 Å². The molecule has 0 spiro atoms. The molecule has 0 saturated carbocycles. The van der Waals surface area contributed by atoms with Crippen LogP contribution < -0.4 is 0 Å². The zero-order chi connectivity index (χ0) is 12.4. The van der Waals surface area contributed by atoms with Crippen LogP contribution in [-0.2, 0) is 6.42 Å². The number of benzene rings is 1. The van der Waals surface area contributed by atoms with E-state index in [1.807, 2.05) is 24.3 Å². The zero-order valence-corrected chi connectivity index (χ0v) is 10.4. The van der Waals surface area contributed by atoms with Crippen LogP contribution in [0.1, 0.15) is 24.8 Å². The highest BCUT2D eigenvalue weighted by Gasteiger charge is 2.09. The quantitative estimate of drug-likeness (QED) is 0.778. The summed E-state index contributed by atoms with van der Waals surface area (Å²) in [5.74, 6) is 0.707. The molecular formula is C16H15NO. The number of hydrogen-bond donors (Lipinski definition) is 0. The molecule has 0 bridgehead atoms. The smallest absolute Gasteiger partial charge is 0.226 e. The molecule has 0 unspecified atom stereocenters. The zero-order valence-electron chi connectivity index (χ0n) is 10.4.